The molecule has 7 nitrogen and oxygen atoms in total. The number of likely N-dealkylation sites (N-methyl/N-ethyl adjacent to an activating group) is 1. The Balaban J connectivity index is 1.96. The lowest BCUT2D eigenvalue weighted by Crippen LogP contribution is -2.47. The highest BCUT2D eigenvalue weighted by molar-refractivity contribution is 7.89. The van der Waals surface area contributed by atoms with Gasteiger partial charge in [0, 0.05) is 17.8 Å². The van der Waals surface area contributed by atoms with Crippen molar-refractivity contribution in [3.05, 3.63) is 57.5 Å². The minimum absolute atomic E-state index is 0.0263. The topological polar surface area (TPSA) is 95.6 Å². The number of carbonyl (C=O) groups is 2. The number of anilines is 1. The van der Waals surface area contributed by atoms with Crippen molar-refractivity contribution < 1.29 is 18.0 Å². The predicted octanol–water partition coefficient (Wildman–Crippen LogP) is 3.41. The van der Waals surface area contributed by atoms with Gasteiger partial charge in [-0.25, -0.2) is 8.42 Å². The van der Waals surface area contributed by atoms with Gasteiger partial charge in [0.25, 0.3) is 0 Å². The zero-order chi connectivity index (χ0) is 21.8. The van der Waals surface area contributed by atoms with Crippen molar-refractivity contribution in [3.63, 3.8) is 0 Å². The van der Waals surface area contributed by atoms with Crippen molar-refractivity contribution in [2.24, 2.45) is 0 Å². The molecule has 0 aliphatic heterocycles. The first-order valence-corrected chi connectivity index (χ1v) is 10.9. The number of halogens is 3. The number of rotatable bonds is 7. The summed E-state index contributed by atoms with van der Waals surface area (Å²) in [4.78, 5) is 25.7. The van der Waals surface area contributed by atoms with Gasteiger partial charge >= 0.3 is 0 Å². The molecule has 2 N–H and O–H groups in total. The Labute approximate surface area is 184 Å². The molecule has 29 heavy (non-hydrogen) atoms. The number of nitrogens with zero attached hydrogens (tertiary/aromatic N) is 1. The van der Waals surface area contributed by atoms with Crippen LogP contribution in [0.3, 0.4) is 0 Å². The fourth-order valence-electron chi connectivity index (χ4n) is 2.36. The molecule has 0 saturated heterocycles. The zero-order valence-corrected chi connectivity index (χ0v) is 18.5. The molecule has 2 rings (SSSR count). The summed E-state index contributed by atoms with van der Waals surface area (Å²) >= 11 is 17.5. The first kappa shape index (κ1) is 23.4. The summed E-state index contributed by atoms with van der Waals surface area (Å²) in [6, 6.07) is 9.01. The third-order valence-corrected chi connectivity index (χ3v) is 6.33. The largest absolute Gasteiger partial charge is 0.335 e. The molecule has 0 aromatic heterocycles. The first-order chi connectivity index (χ1) is 13.5. The van der Waals surface area contributed by atoms with Crippen molar-refractivity contribution >= 4 is 62.3 Å². The van der Waals surface area contributed by atoms with E-state index in [1.54, 1.807) is 6.07 Å². The van der Waals surface area contributed by atoms with Crippen LogP contribution in [0.25, 0.3) is 0 Å². The fourth-order valence-corrected chi connectivity index (χ4v) is 3.98. The highest BCUT2D eigenvalue weighted by Gasteiger charge is 2.25. The average Bonchev–Trinajstić information content (AvgIpc) is 2.64. The highest BCUT2D eigenvalue weighted by Crippen LogP contribution is 2.25. The second-order valence-corrected chi connectivity index (χ2v) is 9.13. The van der Waals surface area contributed by atoms with Gasteiger partial charge in [0.1, 0.15) is 0 Å². The van der Waals surface area contributed by atoms with Gasteiger partial charge in [-0.1, -0.05) is 34.8 Å². The summed E-state index contributed by atoms with van der Waals surface area (Å²) in [6.45, 7) is 1.11. The molecule has 11 heteroatoms. The molecule has 0 aliphatic carbocycles. The van der Waals surface area contributed by atoms with E-state index >= 15 is 0 Å². The lowest BCUT2D eigenvalue weighted by molar-refractivity contribution is -0.134. The third-order valence-electron chi connectivity index (χ3n) is 3.79. The molecule has 0 spiro atoms. The van der Waals surface area contributed by atoms with Crippen molar-refractivity contribution in [2.45, 2.75) is 17.9 Å². The second-order valence-electron chi connectivity index (χ2n) is 6.17. The Morgan fingerprint density at radius 2 is 1.66 bits per heavy atom. The van der Waals surface area contributed by atoms with E-state index in [1.807, 2.05) is 0 Å². The standard InChI is InChI=1S/C18H18Cl3N3O4S/c1-11(23-29(27,28)14-6-3-12(19)4-7-14)18(26)24(2)10-17(25)22-13-5-8-15(20)16(21)9-13/h3-9,11,23H,10H2,1-2H3,(H,22,25)/t11-/m0/s1. The van der Waals surface area contributed by atoms with Crippen LogP contribution in [-0.4, -0.2) is 44.8 Å². The third kappa shape index (κ3) is 6.58. The number of benzene rings is 2. The molecule has 0 heterocycles. The van der Waals surface area contributed by atoms with Crippen LogP contribution in [0.4, 0.5) is 5.69 Å². The van der Waals surface area contributed by atoms with Gasteiger partial charge in [-0.05, 0) is 49.4 Å². The molecule has 1 atom stereocenters. The summed E-state index contributed by atoms with van der Waals surface area (Å²) in [5.74, 6) is -1.06. The van der Waals surface area contributed by atoms with Gasteiger partial charge < -0.3 is 10.2 Å². The molecular formula is C18H18Cl3N3O4S. The number of sulfonamides is 1. The van der Waals surface area contributed by atoms with Crippen LogP contribution >= 0.6 is 34.8 Å². The van der Waals surface area contributed by atoms with Crippen LogP contribution in [0.1, 0.15) is 6.92 Å². The monoisotopic (exact) mass is 477 g/mol. The molecule has 0 bridgehead atoms. The van der Waals surface area contributed by atoms with E-state index in [4.69, 9.17) is 34.8 Å². The van der Waals surface area contributed by atoms with E-state index in [0.717, 1.165) is 4.90 Å². The van der Waals surface area contributed by atoms with Gasteiger partial charge in [0.2, 0.25) is 21.8 Å². The van der Waals surface area contributed by atoms with Gasteiger partial charge in [0.05, 0.1) is 27.5 Å². The van der Waals surface area contributed by atoms with Crippen molar-refractivity contribution in [3.8, 4) is 0 Å². The van der Waals surface area contributed by atoms with Crippen LogP contribution in [0.5, 0.6) is 0 Å². The van der Waals surface area contributed by atoms with Crippen LogP contribution in [0, 0.1) is 0 Å². The first-order valence-electron chi connectivity index (χ1n) is 8.27. The number of hydrogen-bond acceptors (Lipinski definition) is 4. The number of hydrogen-bond donors (Lipinski definition) is 2. The van der Waals surface area contributed by atoms with E-state index in [0.29, 0.717) is 15.7 Å². The molecule has 0 fully saturated rings. The molecule has 0 aliphatic rings. The number of carbonyl (C=O) groups excluding carboxylic acids is 2. The highest BCUT2D eigenvalue weighted by atomic mass is 35.5. The summed E-state index contributed by atoms with van der Waals surface area (Å²) < 4.78 is 27.0. The Morgan fingerprint density at radius 3 is 2.24 bits per heavy atom. The maximum Gasteiger partial charge on any atom is 0.243 e. The van der Waals surface area contributed by atoms with E-state index in [-0.39, 0.29) is 16.5 Å². The van der Waals surface area contributed by atoms with Crippen LogP contribution in [0.2, 0.25) is 15.1 Å². The van der Waals surface area contributed by atoms with Gasteiger partial charge in [0.15, 0.2) is 0 Å². The Morgan fingerprint density at radius 1 is 1.03 bits per heavy atom. The minimum atomic E-state index is -3.92. The molecule has 0 radical (unpaired) electrons. The fraction of sp³-hybridized carbons (Fsp3) is 0.222. The molecule has 156 valence electrons. The zero-order valence-electron chi connectivity index (χ0n) is 15.4. The summed E-state index contributed by atoms with van der Waals surface area (Å²) in [7, 11) is -2.53. The van der Waals surface area contributed by atoms with Crippen LogP contribution in [-0.2, 0) is 19.6 Å². The van der Waals surface area contributed by atoms with Gasteiger partial charge in [-0.3, -0.25) is 9.59 Å². The van der Waals surface area contributed by atoms with Crippen molar-refractivity contribution in [2.75, 3.05) is 18.9 Å². The maximum absolute atomic E-state index is 12.5. The van der Waals surface area contributed by atoms with Crippen molar-refractivity contribution in [1.29, 1.82) is 0 Å². The van der Waals surface area contributed by atoms with Crippen LogP contribution in [0.15, 0.2) is 47.4 Å². The normalized spacial score (nSPS) is 12.3. The van der Waals surface area contributed by atoms with E-state index in [1.165, 1.54) is 50.4 Å². The van der Waals surface area contributed by atoms with Gasteiger partial charge in [-0.2, -0.15) is 4.72 Å². The second kappa shape index (κ2) is 9.77. The van der Waals surface area contributed by atoms with E-state index in [2.05, 4.69) is 10.0 Å². The van der Waals surface area contributed by atoms with Gasteiger partial charge in [-0.15, -0.1) is 0 Å². The smallest absolute Gasteiger partial charge is 0.243 e. The maximum atomic E-state index is 12.5. The molecule has 2 aromatic carbocycles. The average molecular weight is 479 g/mol. The predicted molar refractivity (Wildman–Crippen MR) is 114 cm³/mol. The molecule has 2 aromatic rings. The Hall–Kier alpha value is -1.84. The summed E-state index contributed by atoms with van der Waals surface area (Å²) in [5, 5.41) is 3.60. The summed E-state index contributed by atoms with van der Waals surface area (Å²) in [5.41, 5.74) is 0.418. The Kier molecular flexibility index (Phi) is 7.90. The van der Waals surface area contributed by atoms with E-state index < -0.39 is 27.9 Å². The Bertz CT molecular complexity index is 1010. The minimum Gasteiger partial charge on any atom is -0.335 e. The number of nitrogens with one attached hydrogen (secondary N) is 2. The molecule has 0 unspecified atom stereocenters. The molecule has 0 saturated carbocycles. The SMILES string of the molecule is C[C@H](NS(=O)(=O)c1ccc(Cl)cc1)C(=O)N(C)CC(=O)Nc1ccc(Cl)c(Cl)c1. The van der Waals surface area contributed by atoms with Crippen LogP contribution < -0.4 is 10.0 Å². The quantitative estimate of drug-likeness (QED) is 0.637. The summed E-state index contributed by atoms with van der Waals surface area (Å²) in [6.07, 6.45) is 0. The van der Waals surface area contributed by atoms with E-state index in [9.17, 15) is 18.0 Å². The molecule has 2 amide bonds. The number of amides is 2. The molecular weight excluding hydrogens is 461 g/mol. The lowest BCUT2D eigenvalue weighted by atomic mass is 10.3. The van der Waals surface area contributed by atoms with Crippen molar-refractivity contribution in [1.82, 2.24) is 9.62 Å². The lowest BCUT2D eigenvalue weighted by Gasteiger charge is -2.21.